The number of amidine groups is 1. The van der Waals surface area contributed by atoms with Gasteiger partial charge in [0.15, 0.2) is 5.82 Å². The van der Waals surface area contributed by atoms with Crippen LogP contribution < -0.4 is 5.32 Å². The molecule has 2 heterocycles. The van der Waals surface area contributed by atoms with E-state index in [1.54, 1.807) is 43.0 Å². The maximum Gasteiger partial charge on any atom is 0.153 e. The number of aliphatic imine (C=N–C) groups is 1. The third-order valence-electron chi connectivity index (χ3n) is 5.62. The molecule has 0 fully saturated rings. The number of carbonyl (C=O) groups is 1. The van der Waals surface area contributed by atoms with Gasteiger partial charge in [0.05, 0.1) is 0 Å². The van der Waals surface area contributed by atoms with E-state index in [1.807, 2.05) is 0 Å². The molecular weight excluding hydrogens is 417 g/mol. The monoisotopic (exact) mass is 440 g/mol. The van der Waals surface area contributed by atoms with Crippen molar-refractivity contribution in [2.24, 2.45) is 18.0 Å². The van der Waals surface area contributed by atoms with Crippen LogP contribution in [0.15, 0.2) is 53.7 Å². The molecule has 0 radical (unpaired) electrons. The molecule has 166 valence electrons. The fraction of sp³-hybridized carbons (Fsp3) is 0.292. The highest BCUT2D eigenvalue weighted by atomic mass is 19.1. The van der Waals surface area contributed by atoms with Crippen molar-refractivity contribution in [1.29, 1.82) is 0 Å². The van der Waals surface area contributed by atoms with Crippen molar-refractivity contribution in [1.82, 2.24) is 9.78 Å². The minimum absolute atomic E-state index is 0.0352. The minimum atomic E-state index is -0.641. The Morgan fingerprint density at radius 3 is 2.44 bits per heavy atom. The van der Waals surface area contributed by atoms with E-state index in [0.29, 0.717) is 22.8 Å². The highest BCUT2D eigenvalue weighted by molar-refractivity contribution is 6.01. The van der Waals surface area contributed by atoms with Crippen LogP contribution in [0.25, 0.3) is 0 Å². The average molecular weight is 440 g/mol. The zero-order valence-electron chi connectivity index (χ0n) is 17.8. The van der Waals surface area contributed by atoms with Crippen LogP contribution in [0.5, 0.6) is 0 Å². The van der Waals surface area contributed by atoms with Crippen molar-refractivity contribution in [2.45, 2.75) is 25.7 Å². The number of anilines is 1. The van der Waals surface area contributed by atoms with Crippen molar-refractivity contribution in [3.63, 3.8) is 0 Å². The van der Waals surface area contributed by atoms with Gasteiger partial charge in [-0.25, -0.2) is 13.2 Å². The highest BCUT2D eigenvalue weighted by Crippen LogP contribution is 2.37. The Morgan fingerprint density at radius 1 is 1.12 bits per heavy atom. The molecule has 2 atom stereocenters. The lowest BCUT2D eigenvalue weighted by Crippen LogP contribution is -2.28. The number of benzene rings is 2. The second-order valence-electron chi connectivity index (χ2n) is 8.13. The summed E-state index contributed by atoms with van der Waals surface area (Å²) in [5.74, 6) is -1.95. The molecule has 5 nitrogen and oxygen atoms in total. The first-order chi connectivity index (χ1) is 15.3. The van der Waals surface area contributed by atoms with Crippen LogP contribution in [-0.4, -0.2) is 27.9 Å². The summed E-state index contributed by atoms with van der Waals surface area (Å²) in [5.41, 5.74) is 1.10. The van der Waals surface area contributed by atoms with Crippen LogP contribution >= 0.6 is 0 Å². The SMILES string of the molecule is Cc1cc(F)c([C@@H]2CN=C(Nc3ccn(C)n3)[C@H]2CC(=O)Cc2ccc(F)cc2)c(F)c1. The van der Waals surface area contributed by atoms with Crippen LogP contribution in [-0.2, 0) is 18.3 Å². The summed E-state index contributed by atoms with van der Waals surface area (Å²) in [6.45, 7) is 1.78. The number of hydrogen-bond donors (Lipinski definition) is 1. The Bertz CT molecular complexity index is 1150. The summed E-state index contributed by atoms with van der Waals surface area (Å²) in [4.78, 5) is 17.3. The second kappa shape index (κ2) is 8.98. The standard InChI is InChI=1S/C24H23F3N4O/c1-14-9-20(26)23(21(27)10-14)19-13-28-24(29-22-7-8-31(2)30-22)18(19)12-17(32)11-15-3-5-16(25)6-4-15/h3-10,18-19H,11-13H2,1-2H3,(H,28,29,30)/t18-,19+/m0/s1. The van der Waals surface area contributed by atoms with Crippen molar-refractivity contribution >= 4 is 17.4 Å². The van der Waals surface area contributed by atoms with Gasteiger partial charge in [-0.1, -0.05) is 12.1 Å². The van der Waals surface area contributed by atoms with E-state index in [9.17, 15) is 18.0 Å². The maximum absolute atomic E-state index is 14.8. The summed E-state index contributed by atoms with van der Waals surface area (Å²) in [7, 11) is 1.77. The first kappa shape index (κ1) is 21.8. The normalized spacial score (nSPS) is 18.0. The van der Waals surface area contributed by atoms with Gasteiger partial charge in [-0.2, -0.15) is 5.10 Å². The molecular formula is C24H23F3N4O. The van der Waals surface area contributed by atoms with Crippen molar-refractivity contribution in [3.8, 4) is 0 Å². The second-order valence-corrected chi connectivity index (χ2v) is 8.13. The zero-order chi connectivity index (χ0) is 22.8. The molecule has 32 heavy (non-hydrogen) atoms. The lowest BCUT2D eigenvalue weighted by molar-refractivity contribution is -0.119. The van der Waals surface area contributed by atoms with Gasteiger partial charge >= 0.3 is 0 Å². The first-order valence-corrected chi connectivity index (χ1v) is 10.3. The summed E-state index contributed by atoms with van der Waals surface area (Å²) in [6.07, 6.45) is 1.88. The van der Waals surface area contributed by atoms with E-state index in [4.69, 9.17) is 0 Å². The molecule has 2 aromatic carbocycles. The van der Waals surface area contributed by atoms with E-state index >= 15 is 0 Å². The number of hydrogen-bond acceptors (Lipinski definition) is 4. The quantitative estimate of drug-likeness (QED) is 0.611. The van der Waals surface area contributed by atoms with E-state index in [1.165, 1.54) is 24.3 Å². The third kappa shape index (κ3) is 4.74. The van der Waals surface area contributed by atoms with Gasteiger partial charge in [0.1, 0.15) is 29.1 Å². The smallest absolute Gasteiger partial charge is 0.153 e. The van der Waals surface area contributed by atoms with E-state index in [0.717, 1.165) is 0 Å². The number of Topliss-reactive ketones (excluding diaryl/α,β-unsaturated/α-hetero) is 1. The topological polar surface area (TPSA) is 59.3 Å². The largest absolute Gasteiger partial charge is 0.327 e. The van der Waals surface area contributed by atoms with Gasteiger partial charge in [-0.15, -0.1) is 0 Å². The fourth-order valence-corrected chi connectivity index (χ4v) is 4.12. The predicted octanol–water partition coefficient (Wildman–Crippen LogP) is 4.57. The average Bonchev–Trinajstić information content (AvgIpc) is 3.30. The summed E-state index contributed by atoms with van der Waals surface area (Å²) in [6, 6.07) is 10.0. The fourth-order valence-electron chi connectivity index (χ4n) is 4.12. The number of aryl methyl sites for hydroxylation is 2. The molecule has 1 N–H and O–H groups in total. The molecule has 1 aliphatic heterocycles. The van der Waals surface area contributed by atoms with Crippen LogP contribution in [0, 0.1) is 30.3 Å². The number of carbonyl (C=O) groups excluding carboxylic acids is 1. The summed E-state index contributed by atoms with van der Waals surface area (Å²) >= 11 is 0. The summed E-state index contributed by atoms with van der Waals surface area (Å²) in [5, 5.41) is 7.37. The number of aromatic nitrogens is 2. The Kier molecular flexibility index (Phi) is 6.12. The van der Waals surface area contributed by atoms with Crippen LogP contribution in [0.3, 0.4) is 0 Å². The summed E-state index contributed by atoms with van der Waals surface area (Å²) < 4.78 is 44.3. The van der Waals surface area contributed by atoms with Gasteiger partial charge in [0.2, 0.25) is 0 Å². The molecule has 4 rings (SSSR count). The Balaban J connectivity index is 1.60. The van der Waals surface area contributed by atoms with Crippen LogP contribution in [0.2, 0.25) is 0 Å². The highest BCUT2D eigenvalue weighted by Gasteiger charge is 2.37. The Morgan fingerprint density at radius 2 is 1.81 bits per heavy atom. The number of halogens is 3. The molecule has 0 spiro atoms. The maximum atomic E-state index is 14.8. The van der Waals surface area contributed by atoms with Gasteiger partial charge in [0.25, 0.3) is 0 Å². The molecule has 0 saturated carbocycles. The van der Waals surface area contributed by atoms with Gasteiger partial charge in [-0.3, -0.25) is 14.5 Å². The number of ketones is 1. The molecule has 1 aromatic heterocycles. The van der Waals surface area contributed by atoms with Crippen molar-refractivity contribution in [2.75, 3.05) is 11.9 Å². The van der Waals surface area contributed by atoms with E-state index < -0.39 is 23.5 Å². The van der Waals surface area contributed by atoms with Crippen LogP contribution in [0.4, 0.5) is 19.0 Å². The molecule has 8 heteroatoms. The van der Waals surface area contributed by atoms with Crippen molar-refractivity contribution < 1.29 is 18.0 Å². The number of rotatable bonds is 6. The lowest BCUT2D eigenvalue weighted by Gasteiger charge is -2.22. The molecule has 0 amide bonds. The number of nitrogens with one attached hydrogen (secondary N) is 1. The van der Waals surface area contributed by atoms with Gasteiger partial charge in [-0.05, 0) is 42.3 Å². The molecule has 0 aliphatic carbocycles. The molecule has 0 saturated heterocycles. The van der Waals surface area contributed by atoms with Gasteiger partial charge in [0, 0.05) is 56.1 Å². The molecule has 0 unspecified atom stereocenters. The molecule has 1 aliphatic rings. The molecule has 0 bridgehead atoms. The minimum Gasteiger partial charge on any atom is -0.327 e. The lowest BCUT2D eigenvalue weighted by atomic mass is 9.82. The predicted molar refractivity (Wildman–Crippen MR) is 116 cm³/mol. The van der Waals surface area contributed by atoms with Crippen LogP contribution in [0.1, 0.15) is 29.0 Å². The Hall–Kier alpha value is -3.42. The Labute approximate surface area is 184 Å². The van der Waals surface area contributed by atoms with E-state index in [2.05, 4.69) is 15.4 Å². The number of nitrogens with zero attached hydrogens (tertiary/aromatic N) is 3. The third-order valence-corrected chi connectivity index (χ3v) is 5.62. The molecule has 3 aromatic rings. The van der Waals surface area contributed by atoms with E-state index in [-0.39, 0.29) is 36.6 Å². The van der Waals surface area contributed by atoms with Crippen molar-refractivity contribution in [3.05, 3.63) is 82.8 Å². The zero-order valence-corrected chi connectivity index (χ0v) is 17.8. The van der Waals surface area contributed by atoms with Gasteiger partial charge < -0.3 is 5.32 Å². The first-order valence-electron chi connectivity index (χ1n) is 10.3.